The van der Waals surface area contributed by atoms with Gasteiger partial charge in [0.1, 0.15) is 5.75 Å². The second-order valence-electron chi connectivity index (χ2n) is 6.59. The van der Waals surface area contributed by atoms with Gasteiger partial charge in [-0.1, -0.05) is 0 Å². The van der Waals surface area contributed by atoms with Crippen molar-refractivity contribution in [2.45, 2.75) is 31.3 Å². The van der Waals surface area contributed by atoms with Gasteiger partial charge in [0, 0.05) is 30.6 Å². The second kappa shape index (κ2) is 5.62. The Kier molecular flexibility index (Phi) is 3.64. The Balaban J connectivity index is 1.62. The number of carbonyl (C=O) groups excluding carboxylic acids is 1. The fraction of sp³-hybridized carbons (Fsp3) is 0.500. The monoisotopic (exact) mass is 354 g/mol. The van der Waals surface area contributed by atoms with E-state index in [9.17, 15) is 18.0 Å². The van der Waals surface area contributed by atoms with Gasteiger partial charge in [-0.25, -0.2) is 0 Å². The van der Waals surface area contributed by atoms with Crippen LogP contribution in [0.15, 0.2) is 18.2 Å². The molecule has 2 bridgehead atoms. The van der Waals surface area contributed by atoms with E-state index in [1.54, 1.807) is 4.90 Å². The van der Waals surface area contributed by atoms with E-state index in [2.05, 4.69) is 26.9 Å². The SMILES string of the molecule is CN1C2CCC1CN(C(=O)c1n[nH]c3ccc(OC(F)(F)F)cc13)C2. The zero-order valence-electron chi connectivity index (χ0n) is 13.5. The summed E-state index contributed by atoms with van der Waals surface area (Å²) in [4.78, 5) is 16.9. The second-order valence-corrected chi connectivity index (χ2v) is 6.59. The molecule has 1 aromatic carbocycles. The Bertz CT molecular complexity index is 805. The number of benzene rings is 1. The van der Waals surface area contributed by atoms with Gasteiger partial charge >= 0.3 is 6.36 Å². The van der Waals surface area contributed by atoms with Crippen LogP contribution in [-0.2, 0) is 0 Å². The van der Waals surface area contributed by atoms with E-state index in [1.807, 2.05) is 0 Å². The molecule has 2 saturated heterocycles. The highest BCUT2D eigenvalue weighted by molar-refractivity contribution is 6.05. The lowest BCUT2D eigenvalue weighted by atomic mass is 10.1. The molecule has 9 heteroatoms. The zero-order valence-corrected chi connectivity index (χ0v) is 13.5. The van der Waals surface area contributed by atoms with E-state index >= 15 is 0 Å². The standard InChI is InChI=1S/C16H17F3N4O2/c1-22-9-2-3-10(22)8-23(7-9)15(24)14-12-6-11(25-16(17,18)19)4-5-13(12)20-21-14/h4-6,9-10H,2-3,7-8H2,1H3,(H,20,21). The average molecular weight is 354 g/mol. The van der Waals surface area contributed by atoms with Crippen LogP contribution in [0.25, 0.3) is 10.9 Å². The number of H-pyrrole nitrogens is 1. The summed E-state index contributed by atoms with van der Waals surface area (Å²) >= 11 is 0. The summed E-state index contributed by atoms with van der Waals surface area (Å²) in [5.41, 5.74) is 0.626. The van der Waals surface area contributed by atoms with E-state index in [4.69, 9.17) is 0 Å². The first kappa shape index (κ1) is 16.2. The van der Waals surface area contributed by atoms with E-state index in [0.717, 1.165) is 12.8 Å². The number of rotatable bonds is 2. The maximum atomic E-state index is 12.9. The maximum absolute atomic E-state index is 12.9. The molecule has 2 atom stereocenters. The van der Waals surface area contributed by atoms with Gasteiger partial charge in [0.05, 0.1) is 5.52 Å². The van der Waals surface area contributed by atoms with E-state index in [-0.39, 0.29) is 17.4 Å². The van der Waals surface area contributed by atoms with Crippen molar-refractivity contribution in [3.05, 3.63) is 23.9 Å². The first-order valence-corrected chi connectivity index (χ1v) is 8.07. The lowest BCUT2D eigenvalue weighted by Gasteiger charge is -2.38. The third kappa shape index (κ3) is 2.92. The van der Waals surface area contributed by atoms with Gasteiger partial charge in [-0.3, -0.25) is 14.8 Å². The van der Waals surface area contributed by atoms with Crippen LogP contribution in [0.3, 0.4) is 0 Å². The smallest absolute Gasteiger partial charge is 0.406 e. The summed E-state index contributed by atoms with van der Waals surface area (Å²) in [6, 6.07) is 4.48. The van der Waals surface area contributed by atoms with Crippen molar-refractivity contribution in [1.82, 2.24) is 20.0 Å². The van der Waals surface area contributed by atoms with Crippen molar-refractivity contribution in [3.63, 3.8) is 0 Å². The Morgan fingerprint density at radius 1 is 1.28 bits per heavy atom. The molecule has 2 aliphatic heterocycles. The highest BCUT2D eigenvalue weighted by atomic mass is 19.4. The topological polar surface area (TPSA) is 61.5 Å². The molecule has 0 radical (unpaired) electrons. The number of aromatic nitrogens is 2. The minimum Gasteiger partial charge on any atom is -0.406 e. The van der Waals surface area contributed by atoms with Crippen molar-refractivity contribution < 1.29 is 22.7 Å². The molecular formula is C16H17F3N4O2. The van der Waals surface area contributed by atoms with Crippen LogP contribution in [0.5, 0.6) is 5.75 Å². The predicted octanol–water partition coefficient (Wildman–Crippen LogP) is 2.38. The molecule has 1 amide bonds. The Morgan fingerprint density at radius 2 is 1.96 bits per heavy atom. The first-order chi connectivity index (χ1) is 11.8. The number of hydrogen-bond donors (Lipinski definition) is 1. The molecule has 2 aliphatic rings. The number of ether oxygens (including phenoxy) is 1. The molecule has 0 spiro atoms. The minimum atomic E-state index is -4.78. The number of likely N-dealkylation sites (tertiary alicyclic amines) is 1. The molecule has 134 valence electrons. The highest BCUT2D eigenvalue weighted by Crippen LogP contribution is 2.31. The van der Waals surface area contributed by atoms with E-state index in [1.165, 1.54) is 18.2 Å². The van der Waals surface area contributed by atoms with Crippen molar-refractivity contribution >= 4 is 16.8 Å². The Hall–Kier alpha value is -2.29. The summed E-state index contributed by atoms with van der Waals surface area (Å²) in [5.74, 6) is -0.630. The number of hydrogen-bond acceptors (Lipinski definition) is 4. The number of fused-ring (bicyclic) bond motifs is 3. The van der Waals surface area contributed by atoms with Crippen LogP contribution in [0.4, 0.5) is 13.2 Å². The Morgan fingerprint density at radius 3 is 2.60 bits per heavy atom. The van der Waals surface area contributed by atoms with Gasteiger partial charge in [-0.15, -0.1) is 13.2 Å². The third-order valence-electron chi connectivity index (χ3n) is 5.10. The lowest BCUT2D eigenvalue weighted by molar-refractivity contribution is -0.274. The molecule has 1 N–H and O–H groups in total. The van der Waals surface area contributed by atoms with Crippen LogP contribution in [0.2, 0.25) is 0 Å². The van der Waals surface area contributed by atoms with Gasteiger partial charge in [0.25, 0.3) is 5.91 Å². The normalized spacial score (nSPS) is 24.1. The van der Waals surface area contributed by atoms with E-state index < -0.39 is 6.36 Å². The molecule has 3 heterocycles. The van der Waals surface area contributed by atoms with Gasteiger partial charge in [0.15, 0.2) is 5.69 Å². The molecule has 4 rings (SSSR count). The van der Waals surface area contributed by atoms with Crippen LogP contribution >= 0.6 is 0 Å². The number of nitrogens with zero attached hydrogens (tertiary/aromatic N) is 3. The summed E-state index contributed by atoms with van der Waals surface area (Å²) < 4.78 is 41.2. The van der Waals surface area contributed by atoms with Crippen molar-refractivity contribution in [1.29, 1.82) is 0 Å². The molecule has 25 heavy (non-hydrogen) atoms. The molecule has 2 fully saturated rings. The number of piperazine rings is 1. The number of aromatic amines is 1. The fourth-order valence-electron chi connectivity index (χ4n) is 3.78. The first-order valence-electron chi connectivity index (χ1n) is 8.07. The number of alkyl halides is 3. The largest absolute Gasteiger partial charge is 0.573 e. The summed E-state index contributed by atoms with van der Waals surface area (Å²) in [5, 5.41) is 7.06. The van der Waals surface area contributed by atoms with Gasteiger partial charge in [-0.2, -0.15) is 5.10 Å². The highest BCUT2D eigenvalue weighted by Gasteiger charge is 2.40. The molecule has 6 nitrogen and oxygen atoms in total. The number of likely N-dealkylation sites (N-methyl/N-ethyl adjacent to an activating group) is 1. The van der Waals surface area contributed by atoms with Gasteiger partial charge in [-0.05, 0) is 38.1 Å². The average Bonchev–Trinajstić information content (AvgIpc) is 3.01. The molecule has 2 unspecified atom stereocenters. The van der Waals surface area contributed by atoms with Crippen molar-refractivity contribution in [3.8, 4) is 5.75 Å². The predicted molar refractivity (Wildman–Crippen MR) is 83.3 cm³/mol. The van der Waals surface area contributed by atoms with Crippen LogP contribution in [0, 0.1) is 0 Å². The lowest BCUT2D eigenvalue weighted by Crippen LogP contribution is -2.53. The molecule has 2 aromatic rings. The molecule has 1 aromatic heterocycles. The van der Waals surface area contributed by atoms with Gasteiger partial charge in [0.2, 0.25) is 0 Å². The van der Waals surface area contributed by atoms with Crippen LogP contribution in [0.1, 0.15) is 23.3 Å². The number of carbonyl (C=O) groups is 1. The summed E-state index contributed by atoms with van der Waals surface area (Å²) in [7, 11) is 2.06. The zero-order chi connectivity index (χ0) is 17.8. The Labute approximate surface area is 141 Å². The number of halogens is 3. The van der Waals surface area contributed by atoms with Crippen LogP contribution in [-0.4, -0.2) is 64.5 Å². The summed E-state index contributed by atoms with van der Waals surface area (Å²) in [6.45, 7) is 1.22. The third-order valence-corrected chi connectivity index (χ3v) is 5.10. The number of nitrogens with one attached hydrogen (secondary N) is 1. The molecular weight excluding hydrogens is 337 g/mol. The maximum Gasteiger partial charge on any atom is 0.573 e. The van der Waals surface area contributed by atoms with Crippen molar-refractivity contribution in [2.24, 2.45) is 0 Å². The quantitative estimate of drug-likeness (QED) is 0.900. The fourth-order valence-corrected chi connectivity index (χ4v) is 3.78. The van der Waals surface area contributed by atoms with Gasteiger partial charge < -0.3 is 9.64 Å². The minimum absolute atomic E-state index is 0.131. The molecule has 0 saturated carbocycles. The summed E-state index contributed by atoms with van der Waals surface area (Å²) in [6.07, 6.45) is -2.68. The van der Waals surface area contributed by atoms with Crippen molar-refractivity contribution in [2.75, 3.05) is 20.1 Å². The number of amides is 1. The van der Waals surface area contributed by atoms with Crippen LogP contribution < -0.4 is 4.74 Å². The van der Waals surface area contributed by atoms with E-state index in [0.29, 0.717) is 36.1 Å². The molecule has 0 aliphatic carbocycles.